The summed E-state index contributed by atoms with van der Waals surface area (Å²) in [6.07, 6.45) is 1.52. The molecular weight excluding hydrogens is 554 g/mol. The quantitative estimate of drug-likeness (QED) is 0.338. The summed E-state index contributed by atoms with van der Waals surface area (Å²) in [4.78, 5) is 26.6. The molecule has 0 radical (unpaired) electrons. The average molecular weight is 588 g/mol. The molecule has 4 aromatic rings. The Labute approximate surface area is 245 Å². The van der Waals surface area contributed by atoms with E-state index in [1.54, 1.807) is 12.1 Å². The standard InChI is InChI=1S/C31H33N5O5S/c1-34-10-12-35(13-11-34)31(37)25-5-3-4-24(18-25)30-26-19-22(6-8-27(26)32-21-33-30)23-7-9-28(40-2)29(20-23)42(38,39)36-14-16-41-17-15-36/h3-9,18-21H,10-17H2,1-2H3. The number of morpholine rings is 1. The van der Waals surface area contributed by atoms with Crippen molar-refractivity contribution in [2.24, 2.45) is 0 Å². The smallest absolute Gasteiger partial charge is 0.253 e. The molecule has 1 aromatic heterocycles. The van der Waals surface area contributed by atoms with Gasteiger partial charge in [0.25, 0.3) is 5.91 Å². The maximum atomic E-state index is 13.6. The minimum absolute atomic E-state index is 0.0104. The largest absolute Gasteiger partial charge is 0.495 e. The number of fused-ring (bicyclic) bond motifs is 1. The molecule has 0 spiro atoms. The van der Waals surface area contributed by atoms with Gasteiger partial charge in [0, 0.05) is 55.8 Å². The van der Waals surface area contributed by atoms with Crippen molar-refractivity contribution in [2.75, 3.05) is 66.6 Å². The number of piperazine rings is 1. The molecule has 3 aromatic carbocycles. The maximum Gasteiger partial charge on any atom is 0.253 e. The first-order valence-corrected chi connectivity index (χ1v) is 15.4. The molecule has 42 heavy (non-hydrogen) atoms. The van der Waals surface area contributed by atoms with E-state index in [1.807, 2.05) is 53.4 Å². The molecular formula is C31H33N5O5S. The van der Waals surface area contributed by atoms with Crippen LogP contribution in [0.4, 0.5) is 0 Å². The maximum absolute atomic E-state index is 13.6. The Morgan fingerprint density at radius 2 is 1.60 bits per heavy atom. The minimum atomic E-state index is -3.79. The van der Waals surface area contributed by atoms with Crippen molar-refractivity contribution < 1.29 is 22.7 Å². The number of sulfonamides is 1. The average Bonchev–Trinajstić information content (AvgIpc) is 3.04. The predicted molar refractivity (Wildman–Crippen MR) is 160 cm³/mol. The van der Waals surface area contributed by atoms with Crippen molar-refractivity contribution in [1.82, 2.24) is 24.1 Å². The predicted octanol–water partition coefficient (Wildman–Crippen LogP) is 3.38. The first-order chi connectivity index (χ1) is 20.3. The summed E-state index contributed by atoms with van der Waals surface area (Å²) in [7, 11) is -0.259. The third-order valence-electron chi connectivity index (χ3n) is 7.89. The highest BCUT2D eigenvalue weighted by Crippen LogP contribution is 2.35. The van der Waals surface area contributed by atoms with E-state index >= 15 is 0 Å². The second-order valence-corrected chi connectivity index (χ2v) is 12.4. The van der Waals surface area contributed by atoms with Gasteiger partial charge in [-0.2, -0.15) is 4.31 Å². The molecule has 0 bridgehead atoms. The molecule has 0 saturated carbocycles. The Hall–Kier alpha value is -3.90. The highest BCUT2D eigenvalue weighted by molar-refractivity contribution is 7.89. The van der Waals surface area contributed by atoms with E-state index in [4.69, 9.17) is 9.47 Å². The second-order valence-electron chi connectivity index (χ2n) is 10.5. The van der Waals surface area contributed by atoms with Crippen LogP contribution in [0.2, 0.25) is 0 Å². The van der Waals surface area contributed by atoms with Crippen molar-refractivity contribution in [2.45, 2.75) is 4.90 Å². The lowest BCUT2D eigenvalue weighted by Crippen LogP contribution is -2.47. The van der Waals surface area contributed by atoms with Crippen molar-refractivity contribution in [3.05, 3.63) is 72.6 Å². The third-order valence-corrected chi connectivity index (χ3v) is 9.81. The van der Waals surface area contributed by atoms with Crippen molar-refractivity contribution in [3.63, 3.8) is 0 Å². The Kier molecular flexibility index (Phi) is 7.91. The molecule has 10 nitrogen and oxygen atoms in total. The fourth-order valence-electron chi connectivity index (χ4n) is 5.44. The molecule has 11 heteroatoms. The highest BCUT2D eigenvalue weighted by atomic mass is 32.2. The van der Waals surface area contributed by atoms with Gasteiger partial charge in [0.2, 0.25) is 10.0 Å². The Balaban J connectivity index is 1.38. The number of nitrogens with zero attached hydrogens (tertiary/aromatic N) is 5. The van der Waals surface area contributed by atoms with Gasteiger partial charge in [-0.05, 0) is 54.6 Å². The van der Waals surface area contributed by atoms with Crippen molar-refractivity contribution in [1.29, 1.82) is 0 Å². The lowest BCUT2D eigenvalue weighted by molar-refractivity contribution is 0.0664. The van der Waals surface area contributed by atoms with E-state index in [1.165, 1.54) is 17.7 Å². The number of likely N-dealkylation sites (N-methyl/N-ethyl adjacent to an activating group) is 1. The van der Waals surface area contributed by atoms with Crippen molar-refractivity contribution in [3.8, 4) is 28.1 Å². The Morgan fingerprint density at radius 3 is 2.36 bits per heavy atom. The number of carbonyl (C=O) groups excluding carboxylic acids is 1. The molecule has 0 atom stereocenters. The van der Waals surface area contributed by atoms with Gasteiger partial charge in [-0.1, -0.05) is 24.3 Å². The number of benzene rings is 3. The summed E-state index contributed by atoms with van der Waals surface area (Å²) in [5.74, 6) is 0.299. The van der Waals surface area contributed by atoms with Crippen LogP contribution in [0.25, 0.3) is 33.3 Å². The third kappa shape index (κ3) is 5.48. The van der Waals surface area contributed by atoms with Crippen LogP contribution in [0.1, 0.15) is 10.4 Å². The molecule has 1 amide bonds. The van der Waals surface area contributed by atoms with E-state index in [2.05, 4.69) is 21.9 Å². The van der Waals surface area contributed by atoms with Crippen LogP contribution in [0, 0.1) is 0 Å². The molecule has 2 aliphatic heterocycles. The molecule has 6 rings (SSSR count). The SMILES string of the molecule is COc1ccc(-c2ccc3ncnc(-c4cccc(C(=O)N5CCN(C)CC5)c4)c3c2)cc1S(=O)(=O)N1CCOCC1. The van der Waals surface area contributed by atoms with Gasteiger partial charge in [0.15, 0.2) is 0 Å². The van der Waals surface area contributed by atoms with E-state index < -0.39 is 10.0 Å². The Morgan fingerprint density at radius 1 is 0.857 bits per heavy atom. The number of amides is 1. The van der Waals surface area contributed by atoms with Gasteiger partial charge in [0.1, 0.15) is 17.0 Å². The number of carbonyl (C=O) groups is 1. The lowest BCUT2D eigenvalue weighted by Gasteiger charge is -2.32. The fourth-order valence-corrected chi connectivity index (χ4v) is 7.03. The van der Waals surface area contributed by atoms with Gasteiger partial charge >= 0.3 is 0 Å². The minimum Gasteiger partial charge on any atom is -0.495 e. The second kappa shape index (κ2) is 11.8. The van der Waals surface area contributed by atoms with Gasteiger partial charge in [0.05, 0.1) is 31.5 Å². The van der Waals surface area contributed by atoms with Gasteiger partial charge < -0.3 is 19.3 Å². The molecule has 2 aliphatic rings. The number of aromatic nitrogens is 2. The van der Waals surface area contributed by atoms with E-state index in [0.717, 1.165) is 40.7 Å². The fraction of sp³-hybridized carbons (Fsp3) is 0.323. The molecule has 0 unspecified atom stereocenters. The van der Waals surface area contributed by atoms with Crippen LogP contribution in [0.5, 0.6) is 5.75 Å². The zero-order valence-electron chi connectivity index (χ0n) is 23.7. The first-order valence-electron chi connectivity index (χ1n) is 13.9. The lowest BCUT2D eigenvalue weighted by atomic mass is 9.99. The highest BCUT2D eigenvalue weighted by Gasteiger charge is 2.30. The van der Waals surface area contributed by atoms with E-state index in [0.29, 0.717) is 50.7 Å². The number of methoxy groups -OCH3 is 1. The zero-order valence-corrected chi connectivity index (χ0v) is 24.5. The summed E-state index contributed by atoms with van der Waals surface area (Å²) in [5.41, 5.74) is 4.40. The molecule has 3 heterocycles. The van der Waals surface area contributed by atoms with Crippen LogP contribution in [0.15, 0.2) is 71.9 Å². The normalized spacial score (nSPS) is 17.0. The molecule has 0 N–H and O–H groups in total. The number of ether oxygens (including phenoxy) is 2. The molecule has 218 valence electrons. The van der Waals surface area contributed by atoms with Crippen LogP contribution >= 0.6 is 0 Å². The molecule has 0 aliphatic carbocycles. The topological polar surface area (TPSA) is 105 Å². The van der Waals surface area contributed by atoms with Crippen molar-refractivity contribution >= 4 is 26.8 Å². The number of hydrogen-bond acceptors (Lipinski definition) is 8. The van der Waals surface area contributed by atoms with E-state index in [9.17, 15) is 13.2 Å². The monoisotopic (exact) mass is 587 g/mol. The zero-order chi connectivity index (χ0) is 29.3. The van der Waals surface area contributed by atoms with Gasteiger partial charge in [-0.25, -0.2) is 18.4 Å². The van der Waals surface area contributed by atoms with Gasteiger partial charge in [-0.3, -0.25) is 4.79 Å². The first kappa shape index (κ1) is 28.2. The summed E-state index contributed by atoms with van der Waals surface area (Å²) < 4.78 is 39.3. The summed E-state index contributed by atoms with van der Waals surface area (Å²) in [6.45, 7) is 4.41. The summed E-state index contributed by atoms with van der Waals surface area (Å²) >= 11 is 0. The van der Waals surface area contributed by atoms with Crippen LogP contribution in [-0.4, -0.2) is 105 Å². The summed E-state index contributed by atoms with van der Waals surface area (Å²) in [6, 6.07) is 18.5. The van der Waals surface area contributed by atoms with Gasteiger partial charge in [-0.15, -0.1) is 0 Å². The van der Waals surface area contributed by atoms with Crippen LogP contribution in [-0.2, 0) is 14.8 Å². The van der Waals surface area contributed by atoms with Crippen LogP contribution in [0.3, 0.4) is 0 Å². The number of hydrogen-bond donors (Lipinski definition) is 0. The van der Waals surface area contributed by atoms with Crippen LogP contribution < -0.4 is 4.74 Å². The number of rotatable bonds is 6. The van der Waals surface area contributed by atoms with E-state index in [-0.39, 0.29) is 16.6 Å². The Bertz CT molecular complexity index is 1730. The summed E-state index contributed by atoms with van der Waals surface area (Å²) in [5, 5.41) is 0.799. The molecule has 2 saturated heterocycles. The molecule has 2 fully saturated rings.